The molecule has 0 unspecified atom stereocenters. The third-order valence-electron chi connectivity index (χ3n) is 7.71. The number of carbonyl (C=O) groups excluding carboxylic acids is 1. The SMILES string of the molecule is C.C=C.CC(C)C(=O)OC1CCCC1.CC(C)C(C)(C)C.CC(C)NS(=O)(=O)C1CC1.CC(C)O/N=C/c1ccccc1-c1cccc(F)c1. The van der Waals surface area contributed by atoms with Crippen LogP contribution >= 0.6 is 0 Å². The van der Waals surface area contributed by atoms with Crippen molar-refractivity contribution in [3.63, 3.8) is 0 Å². The van der Waals surface area contributed by atoms with Gasteiger partial charge in [0.2, 0.25) is 10.0 Å². The summed E-state index contributed by atoms with van der Waals surface area (Å²) in [5, 5.41) is 3.84. The Bertz CT molecular complexity index is 1340. The number of hydrogen-bond acceptors (Lipinski definition) is 6. The minimum Gasteiger partial charge on any atom is -0.462 e. The standard InChI is InChI=1S/C16H16FNO.C9H16O2.C7H16.C6H13NO2S.C2H4.CH4/c1-12(2)19-18-11-14-6-3-4-9-16(14)13-7-5-8-15(17)10-13;1-7(2)9(10)11-8-5-3-4-6-8;1-6(2)7(3,4)5;1-5(2)7-10(8,9)6-3-4-6;1-2;/h3-12H,1-2H3;7-8H,3-6H2,1-2H3;6H,1-5H3;5-7H,3-4H2,1-2H3;1-2H2;1H4/b18-11+;;;;;. The first-order chi connectivity index (χ1) is 22.8. The Balaban J connectivity index is 0. The molecule has 2 aliphatic rings. The third-order valence-corrected chi connectivity index (χ3v) is 9.86. The Hall–Kier alpha value is -3.04. The fraction of sp³-hybridized carbons (Fsp3) is 0.610. The van der Waals surface area contributed by atoms with Crippen molar-refractivity contribution >= 4 is 22.2 Å². The smallest absolute Gasteiger partial charge is 0.308 e. The van der Waals surface area contributed by atoms with Gasteiger partial charge in [-0.1, -0.05) is 97.4 Å². The van der Waals surface area contributed by atoms with Gasteiger partial charge in [0.25, 0.3) is 0 Å². The lowest BCUT2D eigenvalue weighted by molar-refractivity contribution is -0.152. The molecule has 7 nitrogen and oxygen atoms in total. The van der Waals surface area contributed by atoms with Crippen LogP contribution in [0.5, 0.6) is 0 Å². The third kappa shape index (κ3) is 21.9. The second kappa shape index (κ2) is 25.0. The predicted molar refractivity (Wildman–Crippen MR) is 211 cm³/mol. The lowest BCUT2D eigenvalue weighted by atomic mass is 9.84. The average molecular weight is 721 g/mol. The molecule has 2 aromatic carbocycles. The van der Waals surface area contributed by atoms with E-state index in [0.717, 1.165) is 48.3 Å². The van der Waals surface area contributed by atoms with E-state index in [1.807, 2.05) is 71.9 Å². The molecule has 0 aliphatic heterocycles. The quantitative estimate of drug-likeness (QED) is 0.120. The molecular weight excluding hydrogens is 652 g/mol. The van der Waals surface area contributed by atoms with Crippen molar-refractivity contribution in [2.75, 3.05) is 0 Å². The Morgan fingerprint density at radius 2 is 1.46 bits per heavy atom. The maximum Gasteiger partial charge on any atom is 0.308 e. The minimum atomic E-state index is -2.94. The van der Waals surface area contributed by atoms with Crippen molar-refractivity contribution in [3.05, 3.63) is 73.1 Å². The summed E-state index contributed by atoms with van der Waals surface area (Å²) in [5.41, 5.74) is 3.15. The summed E-state index contributed by atoms with van der Waals surface area (Å²) in [6, 6.07) is 14.2. The van der Waals surface area contributed by atoms with Gasteiger partial charge in [-0.25, -0.2) is 17.5 Å². The van der Waals surface area contributed by atoms with Gasteiger partial charge < -0.3 is 9.57 Å². The summed E-state index contributed by atoms with van der Waals surface area (Å²) in [6.07, 6.45) is 8.16. The highest BCUT2D eigenvalue weighted by Crippen LogP contribution is 2.27. The van der Waals surface area contributed by atoms with E-state index >= 15 is 0 Å². The van der Waals surface area contributed by atoms with Gasteiger partial charge in [-0.3, -0.25) is 4.79 Å². The molecule has 0 atom stereocenters. The maximum atomic E-state index is 13.3. The summed E-state index contributed by atoms with van der Waals surface area (Å²) >= 11 is 0. The molecule has 0 radical (unpaired) electrons. The topological polar surface area (TPSA) is 94.1 Å². The monoisotopic (exact) mass is 720 g/mol. The summed E-state index contributed by atoms with van der Waals surface area (Å²) in [7, 11) is -2.94. The van der Waals surface area contributed by atoms with Crippen LogP contribution in [0.25, 0.3) is 11.1 Å². The average Bonchev–Trinajstić information content (AvgIpc) is 3.76. The Morgan fingerprint density at radius 3 is 1.90 bits per heavy atom. The molecule has 286 valence electrons. The van der Waals surface area contributed by atoms with Gasteiger partial charge in [-0.2, -0.15) is 0 Å². The normalized spacial score (nSPS) is 14.3. The van der Waals surface area contributed by atoms with E-state index in [4.69, 9.17) is 9.57 Å². The summed E-state index contributed by atoms with van der Waals surface area (Å²) in [4.78, 5) is 16.2. The number of benzene rings is 2. The predicted octanol–water partition coefficient (Wildman–Crippen LogP) is 11.0. The van der Waals surface area contributed by atoms with E-state index in [1.54, 1.807) is 12.3 Å². The minimum absolute atomic E-state index is 0. The zero-order valence-electron chi connectivity index (χ0n) is 32.1. The number of nitrogens with zero attached hydrogens (tertiary/aromatic N) is 1. The van der Waals surface area contributed by atoms with Crippen LogP contribution in [0.3, 0.4) is 0 Å². The van der Waals surface area contributed by atoms with Crippen molar-refractivity contribution in [2.45, 2.75) is 146 Å². The first kappa shape index (κ1) is 49.1. The summed E-state index contributed by atoms with van der Waals surface area (Å²) in [5.74, 6) is 0.530. The number of hydrogen-bond donors (Lipinski definition) is 1. The molecule has 0 amide bonds. The van der Waals surface area contributed by atoms with E-state index < -0.39 is 10.0 Å². The van der Waals surface area contributed by atoms with Gasteiger partial charge in [0.15, 0.2) is 0 Å². The molecule has 0 spiro atoms. The Kier molecular flexibility index (Phi) is 24.5. The molecule has 2 saturated carbocycles. The number of rotatable bonds is 9. The van der Waals surface area contributed by atoms with Crippen molar-refractivity contribution in [1.29, 1.82) is 0 Å². The molecule has 2 aliphatic carbocycles. The van der Waals surface area contributed by atoms with Gasteiger partial charge in [0.1, 0.15) is 18.0 Å². The maximum absolute atomic E-state index is 13.3. The molecule has 4 rings (SSSR count). The number of esters is 1. The zero-order valence-corrected chi connectivity index (χ0v) is 32.9. The van der Waals surface area contributed by atoms with E-state index in [-0.39, 0.29) is 48.6 Å². The Labute approximate surface area is 305 Å². The van der Waals surface area contributed by atoms with Crippen LogP contribution in [-0.4, -0.2) is 44.1 Å². The number of halogens is 1. The fourth-order valence-electron chi connectivity index (χ4n) is 3.85. The number of oxime groups is 1. The molecule has 0 saturated heterocycles. The molecule has 2 fully saturated rings. The van der Waals surface area contributed by atoms with Crippen LogP contribution in [0.2, 0.25) is 0 Å². The van der Waals surface area contributed by atoms with Crippen LogP contribution in [0.1, 0.15) is 128 Å². The highest BCUT2D eigenvalue weighted by molar-refractivity contribution is 7.90. The van der Waals surface area contributed by atoms with E-state index in [9.17, 15) is 17.6 Å². The molecule has 0 heterocycles. The summed E-state index contributed by atoms with van der Waals surface area (Å²) < 4.78 is 43.3. The Morgan fingerprint density at radius 1 is 0.920 bits per heavy atom. The van der Waals surface area contributed by atoms with Crippen LogP contribution in [0.15, 0.2) is 66.8 Å². The van der Waals surface area contributed by atoms with Crippen LogP contribution < -0.4 is 4.72 Å². The number of nitrogens with one attached hydrogen (secondary N) is 1. The number of ether oxygens (including phenoxy) is 1. The lowest BCUT2D eigenvalue weighted by Gasteiger charge is -2.22. The van der Waals surface area contributed by atoms with E-state index in [1.165, 1.54) is 25.0 Å². The van der Waals surface area contributed by atoms with Crippen molar-refractivity contribution in [1.82, 2.24) is 4.72 Å². The highest BCUT2D eigenvalue weighted by atomic mass is 32.2. The first-order valence-electron chi connectivity index (χ1n) is 17.6. The molecule has 50 heavy (non-hydrogen) atoms. The van der Waals surface area contributed by atoms with E-state index in [0.29, 0.717) is 5.41 Å². The second-order valence-electron chi connectivity index (χ2n) is 14.5. The highest BCUT2D eigenvalue weighted by Gasteiger charge is 2.35. The lowest BCUT2D eigenvalue weighted by Crippen LogP contribution is -2.32. The first-order valence-corrected chi connectivity index (χ1v) is 19.1. The molecular formula is C41H69FN2O5S. The zero-order chi connectivity index (χ0) is 37.8. The van der Waals surface area contributed by atoms with Gasteiger partial charge in [-0.05, 0) is 101 Å². The van der Waals surface area contributed by atoms with Crippen LogP contribution in [0.4, 0.5) is 4.39 Å². The van der Waals surface area contributed by atoms with Gasteiger partial charge >= 0.3 is 5.97 Å². The van der Waals surface area contributed by atoms with Crippen molar-refractivity contribution in [3.8, 4) is 11.1 Å². The number of sulfonamides is 1. The molecule has 0 bridgehead atoms. The van der Waals surface area contributed by atoms with Crippen molar-refractivity contribution in [2.24, 2.45) is 22.4 Å². The van der Waals surface area contributed by atoms with Crippen molar-refractivity contribution < 1.29 is 27.2 Å². The molecule has 1 N–H and O–H groups in total. The molecule has 9 heteroatoms. The molecule has 2 aromatic rings. The summed E-state index contributed by atoms with van der Waals surface area (Å²) in [6.45, 7) is 28.5. The van der Waals surface area contributed by atoms with Gasteiger partial charge in [0.05, 0.1) is 17.4 Å². The van der Waals surface area contributed by atoms with Gasteiger partial charge in [-0.15, -0.1) is 13.2 Å². The fourth-order valence-corrected chi connectivity index (χ4v) is 5.45. The largest absolute Gasteiger partial charge is 0.462 e. The van der Waals surface area contributed by atoms with Crippen LogP contribution in [0, 0.1) is 23.1 Å². The second-order valence-corrected chi connectivity index (χ2v) is 16.5. The number of carbonyl (C=O) groups is 1. The van der Waals surface area contributed by atoms with E-state index in [2.05, 4.69) is 57.7 Å². The van der Waals surface area contributed by atoms with Crippen LogP contribution in [-0.2, 0) is 24.4 Å². The molecule has 0 aromatic heterocycles. The van der Waals surface area contributed by atoms with Gasteiger partial charge in [0, 0.05) is 11.6 Å².